The first-order valence-corrected chi connectivity index (χ1v) is 5.61. The minimum Gasteiger partial charge on any atom is -0.405 e. The van der Waals surface area contributed by atoms with E-state index in [1.807, 2.05) is 0 Å². The highest BCUT2D eigenvalue weighted by Gasteiger charge is 2.32. The van der Waals surface area contributed by atoms with Gasteiger partial charge in [-0.2, -0.15) is 0 Å². The third-order valence-corrected chi connectivity index (χ3v) is 2.62. The van der Waals surface area contributed by atoms with Crippen molar-refractivity contribution >= 4 is 17.9 Å². The lowest BCUT2D eigenvalue weighted by atomic mass is 10.1. The summed E-state index contributed by atoms with van der Waals surface area (Å²) in [5.41, 5.74) is -0.136. The van der Waals surface area contributed by atoms with Gasteiger partial charge in [0.2, 0.25) is 0 Å². The molecular formula is C12H6ClF3N2O2. The molecule has 0 fully saturated rings. The van der Waals surface area contributed by atoms with E-state index in [1.165, 1.54) is 18.2 Å². The Bertz CT molecular complexity index is 647. The van der Waals surface area contributed by atoms with Gasteiger partial charge >= 0.3 is 6.36 Å². The number of hydrogen-bond acceptors (Lipinski definition) is 4. The summed E-state index contributed by atoms with van der Waals surface area (Å²) in [7, 11) is 0. The Kier molecular flexibility index (Phi) is 3.89. The van der Waals surface area contributed by atoms with E-state index in [0.29, 0.717) is 6.29 Å². The average molecular weight is 303 g/mol. The van der Waals surface area contributed by atoms with E-state index in [0.717, 1.165) is 12.4 Å². The number of alkyl halides is 3. The second kappa shape index (κ2) is 5.46. The van der Waals surface area contributed by atoms with Crippen molar-refractivity contribution in [2.75, 3.05) is 0 Å². The number of carbonyl (C=O) groups is 1. The molecule has 1 aromatic heterocycles. The highest BCUT2D eigenvalue weighted by Crippen LogP contribution is 2.34. The summed E-state index contributed by atoms with van der Waals surface area (Å²) in [6.07, 6.45) is -3.43. The summed E-state index contributed by atoms with van der Waals surface area (Å²) in [4.78, 5) is 18.4. The lowest BCUT2D eigenvalue weighted by molar-refractivity contribution is -0.274. The van der Waals surface area contributed by atoms with Crippen LogP contribution in [-0.4, -0.2) is 22.6 Å². The maximum Gasteiger partial charge on any atom is 0.573 e. The summed E-state index contributed by atoms with van der Waals surface area (Å²) in [6.45, 7) is 0. The summed E-state index contributed by atoms with van der Waals surface area (Å²) in [5.74, 6) is -0.474. The van der Waals surface area contributed by atoms with E-state index >= 15 is 0 Å². The molecule has 0 saturated carbocycles. The first-order chi connectivity index (χ1) is 9.42. The quantitative estimate of drug-likeness (QED) is 0.643. The van der Waals surface area contributed by atoms with E-state index in [4.69, 9.17) is 11.6 Å². The first-order valence-electron chi connectivity index (χ1n) is 5.23. The van der Waals surface area contributed by atoms with Gasteiger partial charge in [-0.15, -0.1) is 13.2 Å². The maximum atomic E-state index is 12.3. The Morgan fingerprint density at radius 3 is 2.55 bits per heavy atom. The molecule has 0 unspecified atom stereocenters. The lowest BCUT2D eigenvalue weighted by Gasteiger charge is -2.13. The van der Waals surface area contributed by atoms with Crippen LogP contribution >= 0.6 is 11.6 Å². The molecule has 0 radical (unpaired) electrons. The molecular weight excluding hydrogens is 297 g/mol. The normalized spacial score (nSPS) is 11.2. The molecule has 4 nitrogen and oxygen atoms in total. The van der Waals surface area contributed by atoms with Crippen molar-refractivity contribution in [1.82, 2.24) is 9.97 Å². The fourth-order valence-electron chi connectivity index (χ4n) is 1.57. The number of aldehydes is 1. The first kappa shape index (κ1) is 14.3. The number of aromatic nitrogens is 2. The molecule has 8 heteroatoms. The Hall–Kier alpha value is -2.15. The molecule has 0 bridgehead atoms. The van der Waals surface area contributed by atoms with Crippen molar-refractivity contribution in [2.24, 2.45) is 0 Å². The minimum absolute atomic E-state index is 0.00350. The van der Waals surface area contributed by atoms with Crippen LogP contribution in [0.4, 0.5) is 13.2 Å². The highest BCUT2D eigenvalue weighted by atomic mass is 35.5. The summed E-state index contributed by atoms with van der Waals surface area (Å²) in [6, 6.07) is 5.32. The molecule has 0 N–H and O–H groups in total. The fourth-order valence-corrected chi connectivity index (χ4v) is 1.75. The molecule has 1 heterocycles. The molecule has 0 saturated heterocycles. The number of hydrogen-bond donors (Lipinski definition) is 0. The molecule has 20 heavy (non-hydrogen) atoms. The Morgan fingerprint density at radius 1 is 1.20 bits per heavy atom. The summed E-state index contributed by atoms with van der Waals surface area (Å²) < 4.78 is 41.0. The largest absolute Gasteiger partial charge is 0.573 e. The van der Waals surface area contributed by atoms with E-state index in [9.17, 15) is 18.0 Å². The number of nitrogens with zero attached hydrogens (tertiary/aromatic N) is 2. The van der Waals surface area contributed by atoms with Gasteiger partial charge in [-0.3, -0.25) is 4.79 Å². The fraction of sp³-hybridized carbons (Fsp3) is 0.0833. The molecule has 0 spiro atoms. The van der Waals surface area contributed by atoms with Gasteiger partial charge in [0.15, 0.2) is 6.29 Å². The molecule has 104 valence electrons. The van der Waals surface area contributed by atoms with Gasteiger partial charge in [0.05, 0.1) is 11.3 Å². The van der Waals surface area contributed by atoms with E-state index in [2.05, 4.69) is 14.7 Å². The Labute approximate surface area is 116 Å². The molecule has 0 atom stereocenters. The number of ether oxygens (including phenoxy) is 1. The summed E-state index contributed by atoms with van der Waals surface area (Å²) >= 11 is 5.72. The molecule has 2 aromatic rings. The third-order valence-electron chi connectivity index (χ3n) is 2.32. The van der Waals surface area contributed by atoms with Crippen LogP contribution in [0.1, 0.15) is 10.4 Å². The number of benzene rings is 1. The topological polar surface area (TPSA) is 52.1 Å². The predicted octanol–water partition coefficient (Wildman–Crippen LogP) is 3.51. The van der Waals surface area contributed by atoms with Gasteiger partial charge in [-0.1, -0.05) is 23.7 Å². The highest BCUT2D eigenvalue weighted by molar-refractivity contribution is 6.32. The van der Waals surface area contributed by atoms with Crippen LogP contribution in [0.15, 0.2) is 30.6 Å². The lowest BCUT2D eigenvalue weighted by Crippen LogP contribution is -2.17. The Balaban J connectivity index is 2.59. The van der Waals surface area contributed by atoms with E-state index in [-0.39, 0.29) is 22.0 Å². The van der Waals surface area contributed by atoms with Gasteiger partial charge in [-0.05, 0) is 12.1 Å². The van der Waals surface area contributed by atoms with Crippen LogP contribution in [0.2, 0.25) is 5.15 Å². The van der Waals surface area contributed by atoms with Gasteiger partial charge in [0.1, 0.15) is 17.2 Å². The number of para-hydroxylation sites is 1. The van der Waals surface area contributed by atoms with Crippen molar-refractivity contribution in [1.29, 1.82) is 0 Å². The van der Waals surface area contributed by atoms with Crippen LogP contribution in [0.5, 0.6) is 5.75 Å². The van der Waals surface area contributed by atoms with Crippen molar-refractivity contribution in [3.63, 3.8) is 0 Å². The number of carbonyl (C=O) groups excluding carboxylic acids is 1. The van der Waals surface area contributed by atoms with Crippen molar-refractivity contribution < 1.29 is 22.7 Å². The molecule has 0 aliphatic carbocycles. The molecule has 2 rings (SSSR count). The second-order valence-corrected chi connectivity index (χ2v) is 3.95. The van der Waals surface area contributed by atoms with Gasteiger partial charge in [0, 0.05) is 5.56 Å². The van der Waals surface area contributed by atoms with E-state index < -0.39 is 12.1 Å². The minimum atomic E-state index is -4.85. The number of rotatable bonds is 3. The monoisotopic (exact) mass is 302 g/mol. The smallest absolute Gasteiger partial charge is 0.405 e. The zero-order chi connectivity index (χ0) is 14.8. The van der Waals surface area contributed by atoms with Gasteiger partial charge in [0.25, 0.3) is 0 Å². The van der Waals surface area contributed by atoms with Crippen LogP contribution in [0.3, 0.4) is 0 Å². The SMILES string of the molecule is O=Cc1c(Cl)ncnc1-c1ccccc1OC(F)(F)F. The van der Waals surface area contributed by atoms with Crippen molar-refractivity contribution in [3.05, 3.63) is 41.3 Å². The van der Waals surface area contributed by atoms with Gasteiger partial charge in [-0.25, -0.2) is 9.97 Å². The molecule has 0 amide bonds. The zero-order valence-corrected chi connectivity index (χ0v) is 10.4. The zero-order valence-electron chi connectivity index (χ0n) is 9.69. The van der Waals surface area contributed by atoms with E-state index in [1.54, 1.807) is 0 Å². The average Bonchev–Trinajstić information content (AvgIpc) is 2.37. The Morgan fingerprint density at radius 2 is 1.90 bits per heavy atom. The molecule has 0 aliphatic heterocycles. The second-order valence-electron chi connectivity index (χ2n) is 3.59. The number of halogens is 4. The maximum absolute atomic E-state index is 12.3. The van der Waals surface area contributed by atoms with Crippen LogP contribution in [-0.2, 0) is 0 Å². The molecule has 0 aliphatic rings. The van der Waals surface area contributed by atoms with Crippen molar-refractivity contribution in [3.8, 4) is 17.0 Å². The third kappa shape index (κ3) is 3.05. The molecule has 1 aromatic carbocycles. The standard InChI is InChI=1S/C12H6ClF3N2O2/c13-11-8(5-19)10(17-6-18-11)7-3-1-2-4-9(7)20-12(14,15)16/h1-6H. The predicted molar refractivity (Wildman–Crippen MR) is 64.5 cm³/mol. The van der Waals surface area contributed by atoms with Crippen LogP contribution in [0, 0.1) is 0 Å². The summed E-state index contributed by atoms with van der Waals surface area (Å²) in [5, 5.41) is -0.146. The van der Waals surface area contributed by atoms with Gasteiger partial charge < -0.3 is 4.74 Å². The van der Waals surface area contributed by atoms with Crippen LogP contribution < -0.4 is 4.74 Å². The van der Waals surface area contributed by atoms with Crippen LogP contribution in [0.25, 0.3) is 11.3 Å². The van der Waals surface area contributed by atoms with Crippen molar-refractivity contribution in [2.45, 2.75) is 6.36 Å².